The average Bonchev–Trinajstić information content (AvgIpc) is 3.46. The number of ether oxygens (including phenoxy) is 1. The lowest BCUT2D eigenvalue weighted by Gasteiger charge is -2.38. The van der Waals surface area contributed by atoms with Crippen LogP contribution >= 0.6 is 27.7 Å². The molecule has 3 aliphatic heterocycles. The Kier molecular flexibility index (Phi) is 9.10. The Balaban J connectivity index is 1.70. The van der Waals surface area contributed by atoms with Crippen molar-refractivity contribution in [3.8, 4) is 0 Å². The zero-order valence-electron chi connectivity index (χ0n) is 22.1. The molecule has 3 unspecified atom stereocenters. The maximum Gasteiger partial charge on any atom is 0.310 e. The van der Waals surface area contributed by atoms with Gasteiger partial charge in [0.15, 0.2) is 0 Å². The van der Waals surface area contributed by atoms with Crippen LogP contribution in [0.4, 0.5) is 5.69 Å². The minimum Gasteiger partial charge on any atom is -0.465 e. The third kappa shape index (κ3) is 4.86. The van der Waals surface area contributed by atoms with Crippen molar-refractivity contribution in [2.45, 2.75) is 60.4 Å². The minimum atomic E-state index is -0.813. The SMILES string of the molecule is C=CCCCCOC(=O)[C@H]1[C@H]2C(=O)N(CCO)C(C(=O)N(CC=C)c3c(C)cccc3C)C23CC(Br)[C@@H]1S3. The van der Waals surface area contributed by atoms with E-state index in [1.807, 2.05) is 38.1 Å². The van der Waals surface area contributed by atoms with Gasteiger partial charge in [-0.05, 0) is 50.7 Å². The van der Waals surface area contributed by atoms with E-state index in [2.05, 4.69) is 29.1 Å². The van der Waals surface area contributed by atoms with Gasteiger partial charge in [0.05, 0.1) is 29.8 Å². The Hall–Kier alpha value is -2.10. The number of likely N-dealkylation sites (tertiary alicyclic amines) is 1. The molecule has 7 nitrogen and oxygen atoms in total. The first-order chi connectivity index (χ1) is 18.2. The smallest absolute Gasteiger partial charge is 0.310 e. The van der Waals surface area contributed by atoms with Crippen LogP contribution in [0.1, 0.15) is 36.8 Å². The number of alkyl halides is 1. The molecule has 1 N–H and O–H groups in total. The molecule has 4 rings (SSSR count). The van der Waals surface area contributed by atoms with E-state index in [0.29, 0.717) is 13.0 Å². The number of allylic oxidation sites excluding steroid dienone is 1. The predicted octanol–water partition coefficient (Wildman–Crippen LogP) is 4.18. The normalized spacial score (nSPS) is 29.3. The van der Waals surface area contributed by atoms with Crippen LogP contribution in [0.5, 0.6) is 0 Å². The number of carbonyl (C=O) groups is 3. The number of benzene rings is 1. The number of amides is 2. The lowest BCUT2D eigenvalue weighted by Crippen LogP contribution is -2.56. The molecule has 0 aliphatic carbocycles. The molecule has 2 bridgehead atoms. The summed E-state index contributed by atoms with van der Waals surface area (Å²) in [5.74, 6) is -2.15. The standard InChI is InChI=1S/C29H37BrN2O5S/c1-5-7-8-9-16-37-28(36)21-22-26(34)32(14-15-33)25(29(22)17-20(30)24(21)38-29)27(35)31(13-6-2)23-18(3)11-10-12-19(23)4/h5-6,10-12,20-22,24-25,33H,1-2,7-9,13-17H2,3-4H3/t20?,21-,22-,24-,25?,29?/m0/s1. The highest BCUT2D eigenvalue weighted by molar-refractivity contribution is 9.09. The quantitative estimate of drug-likeness (QED) is 0.167. The Morgan fingerprint density at radius 3 is 2.61 bits per heavy atom. The Morgan fingerprint density at radius 2 is 1.97 bits per heavy atom. The lowest BCUT2D eigenvalue weighted by atomic mass is 9.71. The molecule has 1 aromatic rings. The second-order valence-electron chi connectivity index (χ2n) is 10.3. The lowest BCUT2D eigenvalue weighted by molar-refractivity contribution is -0.154. The average molecular weight is 606 g/mol. The molecule has 3 heterocycles. The van der Waals surface area contributed by atoms with Crippen LogP contribution < -0.4 is 4.90 Å². The summed E-state index contributed by atoms with van der Waals surface area (Å²) in [6.45, 7) is 11.9. The van der Waals surface area contributed by atoms with E-state index in [4.69, 9.17) is 4.74 Å². The zero-order chi connectivity index (χ0) is 27.6. The fourth-order valence-corrected chi connectivity index (χ4v) is 10.1. The summed E-state index contributed by atoms with van der Waals surface area (Å²) in [4.78, 5) is 45.0. The molecule has 1 aromatic carbocycles. The number of carbonyl (C=O) groups excluding carboxylic acids is 3. The molecule has 3 saturated heterocycles. The second-order valence-corrected chi connectivity index (χ2v) is 13.1. The number of esters is 1. The van der Waals surface area contributed by atoms with Gasteiger partial charge in [-0.3, -0.25) is 14.4 Å². The van der Waals surface area contributed by atoms with Gasteiger partial charge in [-0.2, -0.15) is 0 Å². The van der Waals surface area contributed by atoms with Crippen LogP contribution in [-0.4, -0.2) is 75.0 Å². The van der Waals surface area contributed by atoms with Crippen molar-refractivity contribution in [1.29, 1.82) is 0 Å². The van der Waals surface area contributed by atoms with Crippen LogP contribution in [0.2, 0.25) is 0 Å². The van der Waals surface area contributed by atoms with Gasteiger partial charge in [0.25, 0.3) is 5.91 Å². The Bertz CT molecular complexity index is 1090. The molecule has 9 heteroatoms. The molecule has 6 atom stereocenters. The third-order valence-corrected chi connectivity index (χ3v) is 11.2. The monoisotopic (exact) mass is 604 g/mol. The third-order valence-electron chi connectivity index (χ3n) is 7.97. The van der Waals surface area contributed by atoms with Crippen molar-refractivity contribution < 1.29 is 24.2 Å². The molecule has 0 aromatic heterocycles. The Morgan fingerprint density at radius 1 is 1.26 bits per heavy atom. The number of fused-ring (bicyclic) bond motifs is 1. The number of aliphatic hydroxyl groups excluding tert-OH is 1. The van der Waals surface area contributed by atoms with E-state index < -0.39 is 22.6 Å². The highest BCUT2D eigenvalue weighted by atomic mass is 79.9. The van der Waals surface area contributed by atoms with Crippen molar-refractivity contribution >= 4 is 51.2 Å². The second kappa shape index (κ2) is 12.0. The van der Waals surface area contributed by atoms with Gasteiger partial charge in [0, 0.05) is 28.9 Å². The molecule has 2 amide bonds. The predicted molar refractivity (Wildman–Crippen MR) is 154 cm³/mol. The summed E-state index contributed by atoms with van der Waals surface area (Å²) in [6, 6.07) is 5.06. The first kappa shape index (κ1) is 28.9. The maximum atomic E-state index is 14.5. The van der Waals surface area contributed by atoms with Crippen LogP contribution in [0, 0.1) is 25.7 Å². The fraction of sp³-hybridized carbons (Fsp3) is 0.552. The fourth-order valence-electron chi connectivity index (χ4n) is 6.49. The van der Waals surface area contributed by atoms with Gasteiger partial charge in [0.2, 0.25) is 5.91 Å². The number of anilines is 1. The van der Waals surface area contributed by atoms with E-state index in [0.717, 1.165) is 36.1 Å². The van der Waals surface area contributed by atoms with Crippen LogP contribution in [-0.2, 0) is 19.1 Å². The molecule has 206 valence electrons. The number of rotatable bonds is 12. The van der Waals surface area contributed by atoms with Crippen LogP contribution in [0.3, 0.4) is 0 Å². The van der Waals surface area contributed by atoms with Crippen LogP contribution in [0.25, 0.3) is 0 Å². The number of thioether (sulfide) groups is 1. The molecular weight excluding hydrogens is 568 g/mol. The highest BCUT2D eigenvalue weighted by Gasteiger charge is 2.76. The first-order valence-electron chi connectivity index (χ1n) is 13.2. The van der Waals surface area contributed by atoms with Gasteiger partial charge in [-0.15, -0.1) is 24.9 Å². The summed E-state index contributed by atoms with van der Waals surface area (Å²) in [5, 5.41) is 9.72. The van der Waals surface area contributed by atoms with E-state index in [9.17, 15) is 19.5 Å². The van der Waals surface area contributed by atoms with E-state index in [1.54, 1.807) is 22.7 Å². The number of halogens is 1. The van der Waals surface area contributed by atoms with Crippen molar-refractivity contribution in [2.24, 2.45) is 11.8 Å². The molecule has 1 spiro atoms. The number of β-amino-alcohol motifs (C(OH)–C–C–N with tert-alkyl or cyclic N) is 1. The highest BCUT2D eigenvalue weighted by Crippen LogP contribution is 2.68. The number of hydrogen-bond donors (Lipinski definition) is 1. The van der Waals surface area contributed by atoms with Gasteiger partial charge in [-0.1, -0.05) is 46.3 Å². The number of hydrogen-bond acceptors (Lipinski definition) is 6. The van der Waals surface area contributed by atoms with Crippen molar-refractivity contribution in [2.75, 3.05) is 31.2 Å². The van der Waals surface area contributed by atoms with Crippen molar-refractivity contribution in [3.05, 3.63) is 54.6 Å². The summed E-state index contributed by atoms with van der Waals surface area (Å²) in [5.41, 5.74) is 2.70. The molecule has 38 heavy (non-hydrogen) atoms. The van der Waals surface area contributed by atoms with E-state index >= 15 is 0 Å². The largest absolute Gasteiger partial charge is 0.465 e. The number of para-hydroxylation sites is 1. The molecule has 0 radical (unpaired) electrons. The van der Waals surface area contributed by atoms with E-state index in [1.165, 1.54) is 4.90 Å². The number of nitrogens with zero attached hydrogens (tertiary/aromatic N) is 2. The summed E-state index contributed by atoms with van der Waals surface area (Å²) < 4.78 is 4.88. The zero-order valence-corrected chi connectivity index (χ0v) is 24.5. The molecule has 3 aliphatic rings. The van der Waals surface area contributed by atoms with Crippen LogP contribution in [0.15, 0.2) is 43.5 Å². The molecule has 0 saturated carbocycles. The summed E-state index contributed by atoms with van der Waals surface area (Å²) >= 11 is 5.34. The van der Waals surface area contributed by atoms with Gasteiger partial charge in [-0.25, -0.2) is 0 Å². The number of aliphatic hydroxyl groups is 1. The van der Waals surface area contributed by atoms with Gasteiger partial charge in [0.1, 0.15) is 6.04 Å². The molecular formula is C29H37BrN2O5S. The molecule has 3 fully saturated rings. The minimum absolute atomic E-state index is 0.0314. The summed E-state index contributed by atoms with van der Waals surface area (Å²) in [7, 11) is 0. The maximum absolute atomic E-state index is 14.5. The number of unbranched alkanes of at least 4 members (excludes halogenated alkanes) is 2. The number of aryl methyl sites for hydroxylation is 2. The van der Waals surface area contributed by atoms with Crippen molar-refractivity contribution in [1.82, 2.24) is 4.90 Å². The summed E-state index contributed by atoms with van der Waals surface area (Å²) in [6.07, 6.45) is 6.57. The van der Waals surface area contributed by atoms with Crippen molar-refractivity contribution in [3.63, 3.8) is 0 Å². The topological polar surface area (TPSA) is 87.1 Å². The Labute approximate surface area is 237 Å². The van der Waals surface area contributed by atoms with Gasteiger partial charge >= 0.3 is 5.97 Å². The first-order valence-corrected chi connectivity index (χ1v) is 15.0. The van der Waals surface area contributed by atoms with E-state index in [-0.39, 0.29) is 47.6 Å². The van der Waals surface area contributed by atoms with Gasteiger partial charge < -0.3 is 19.6 Å².